The van der Waals surface area contributed by atoms with Crippen LogP contribution >= 0.6 is 11.3 Å². The Labute approximate surface area is 172 Å². The van der Waals surface area contributed by atoms with Gasteiger partial charge in [0.15, 0.2) is 0 Å². The highest BCUT2D eigenvalue weighted by molar-refractivity contribution is 7.13. The van der Waals surface area contributed by atoms with E-state index in [0.717, 1.165) is 22.2 Å². The lowest BCUT2D eigenvalue weighted by Gasteiger charge is -2.25. The Hall–Kier alpha value is -2.61. The average molecular weight is 439 g/mol. The van der Waals surface area contributed by atoms with E-state index in [1.807, 2.05) is 30.3 Å². The van der Waals surface area contributed by atoms with Gasteiger partial charge in [0.25, 0.3) is 0 Å². The normalized spacial score (nSPS) is 19.5. The summed E-state index contributed by atoms with van der Waals surface area (Å²) < 4.78 is 82.9. The van der Waals surface area contributed by atoms with Crippen LogP contribution in [0.25, 0.3) is 28.6 Å². The average Bonchev–Trinajstić information content (AvgIpc) is 3.02. The zero-order valence-electron chi connectivity index (χ0n) is 15.8. The van der Waals surface area contributed by atoms with E-state index in [-0.39, 0.29) is 22.1 Å². The molecule has 1 aliphatic carbocycles. The summed E-state index contributed by atoms with van der Waals surface area (Å²) in [5, 5.41) is 0.956. The number of nitrogens with zero attached hydrogens (tertiary/aromatic N) is 1. The fourth-order valence-electron chi connectivity index (χ4n) is 3.54. The van der Waals surface area contributed by atoms with Crippen LogP contribution in [0, 0.1) is 13.8 Å². The lowest BCUT2D eigenvalue weighted by Crippen LogP contribution is -2.48. The van der Waals surface area contributed by atoms with E-state index < -0.39 is 23.3 Å². The van der Waals surface area contributed by atoms with Crippen LogP contribution in [0.3, 0.4) is 0 Å². The highest BCUT2D eigenvalue weighted by Gasteiger charge is 2.77. The highest BCUT2D eigenvalue weighted by Crippen LogP contribution is 2.59. The lowest BCUT2D eigenvalue weighted by atomic mass is 9.97. The molecule has 2 aromatic heterocycles. The van der Waals surface area contributed by atoms with Crippen LogP contribution in [-0.4, -0.2) is 22.8 Å². The van der Waals surface area contributed by atoms with Crippen molar-refractivity contribution in [3.05, 3.63) is 69.0 Å². The Balaban J connectivity index is 1.73. The third kappa shape index (κ3) is 2.96. The Kier molecular flexibility index (Phi) is 4.61. The monoisotopic (exact) mass is 439 g/mol. The number of halogens is 6. The predicted molar refractivity (Wildman–Crippen MR) is 107 cm³/mol. The maximum Gasteiger partial charge on any atom is 0.380 e. The molecule has 156 valence electrons. The number of para-hydroxylation sites is 1. The molecule has 1 nitrogen and oxygen atoms in total. The third-order valence-electron chi connectivity index (χ3n) is 5.13. The smallest absolute Gasteiger partial charge is 0.248 e. The molecule has 0 unspecified atom stereocenters. The number of hydrogen-bond acceptors (Lipinski definition) is 2. The minimum absolute atomic E-state index is 0.244. The third-order valence-corrected chi connectivity index (χ3v) is 6.30. The molecule has 0 saturated heterocycles. The molecule has 3 aromatic rings. The van der Waals surface area contributed by atoms with Crippen molar-refractivity contribution in [1.82, 2.24) is 4.98 Å². The number of pyridine rings is 1. The van der Waals surface area contributed by atoms with Gasteiger partial charge in [0, 0.05) is 32.4 Å². The Morgan fingerprint density at radius 1 is 0.900 bits per heavy atom. The molecular weight excluding hydrogens is 424 g/mol. The number of allylic oxidation sites excluding steroid dienone is 2. The fraction of sp³-hybridized carbons (Fsp3) is 0.227. The number of fused-ring (bicyclic) bond motifs is 1. The molecule has 1 aliphatic rings. The number of hydrogen-bond donors (Lipinski definition) is 0. The van der Waals surface area contributed by atoms with Crippen LogP contribution < -0.4 is 0 Å². The zero-order valence-corrected chi connectivity index (χ0v) is 16.6. The largest absolute Gasteiger partial charge is 0.380 e. The standard InChI is InChI=1S/C22H15F6NS/c1-12-18(10-9-15-8-7-14-5-3-4-6-17(14)29-15)30-13(2)19(12)16-11-20(23,24)22(27,28)21(16,25)26/h3-11H,1-2H3. The summed E-state index contributed by atoms with van der Waals surface area (Å²) in [4.78, 5) is 5.25. The van der Waals surface area contributed by atoms with Crippen molar-refractivity contribution in [2.24, 2.45) is 0 Å². The van der Waals surface area contributed by atoms with Crippen LogP contribution in [0.2, 0.25) is 0 Å². The van der Waals surface area contributed by atoms with Crippen LogP contribution in [0.15, 0.2) is 42.5 Å². The maximum atomic E-state index is 14.2. The second-order valence-corrected chi connectivity index (χ2v) is 8.37. The van der Waals surface area contributed by atoms with Gasteiger partial charge >= 0.3 is 17.8 Å². The van der Waals surface area contributed by atoms with E-state index in [1.165, 1.54) is 13.8 Å². The summed E-state index contributed by atoms with van der Waals surface area (Å²) in [6.07, 6.45) is 2.99. The number of alkyl halides is 6. The fourth-order valence-corrected chi connectivity index (χ4v) is 4.62. The molecule has 0 N–H and O–H groups in total. The van der Waals surface area contributed by atoms with Gasteiger partial charge in [0.1, 0.15) is 0 Å². The number of rotatable bonds is 3. The van der Waals surface area contributed by atoms with E-state index in [4.69, 9.17) is 0 Å². The van der Waals surface area contributed by atoms with Crippen LogP contribution in [0.4, 0.5) is 26.3 Å². The zero-order chi connectivity index (χ0) is 21.9. The second kappa shape index (κ2) is 6.70. The van der Waals surface area contributed by atoms with Gasteiger partial charge in [-0.05, 0) is 43.7 Å². The SMILES string of the molecule is Cc1sc(C=Cc2ccc3ccccc3n2)c(C)c1C1=CC(F)(F)C(F)(F)C1(F)F. The van der Waals surface area contributed by atoms with Crippen molar-refractivity contribution in [1.29, 1.82) is 0 Å². The van der Waals surface area contributed by atoms with Crippen LogP contribution in [0.1, 0.15) is 26.6 Å². The van der Waals surface area contributed by atoms with Crippen molar-refractivity contribution >= 4 is 40.0 Å². The molecule has 0 aliphatic heterocycles. The van der Waals surface area contributed by atoms with Crippen molar-refractivity contribution < 1.29 is 26.3 Å². The quantitative estimate of drug-likeness (QED) is 0.388. The topological polar surface area (TPSA) is 12.9 Å². The first kappa shape index (κ1) is 20.7. The molecular formula is C22H15F6NS. The van der Waals surface area contributed by atoms with Crippen molar-refractivity contribution in [2.45, 2.75) is 31.6 Å². The van der Waals surface area contributed by atoms with E-state index in [1.54, 1.807) is 18.2 Å². The van der Waals surface area contributed by atoms with Gasteiger partial charge < -0.3 is 0 Å². The van der Waals surface area contributed by atoms with Gasteiger partial charge in [-0.15, -0.1) is 11.3 Å². The molecule has 0 amide bonds. The van der Waals surface area contributed by atoms with E-state index in [0.29, 0.717) is 10.6 Å². The molecule has 8 heteroatoms. The maximum absolute atomic E-state index is 14.2. The summed E-state index contributed by atoms with van der Waals surface area (Å²) in [5.41, 5.74) is 0.0537. The minimum atomic E-state index is -5.47. The number of aromatic nitrogens is 1. The van der Waals surface area contributed by atoms with E-state index in [2.05, 4.69) is 4.98 Å². The van der Waals surface area contributed by atoms with E-state index >= 15 is 0 Å². The van der Waals surface area contributed by atoms with Crippen molar-refractivity contribution in [3.63, 3.8) is 0 Å². The molecule has 0 radical (unpaired) electrons. The van der Waals surface area contributed by atoms with Crippen LogP contribution in [-0.2, 0) is 0 Å². The first-order valence-corrected chi connectivity index (χ1v) is 9.78. The molecule has 1 aromatic carbocycles. The first-order chi connectivity index (χ1) is 14.0. The predicted octanol–water partition coefficient (Wildman–Crippen LogP) is 7.39. The van der Waals surface area contributed by atoms with Gasteiger partial charge in [-0.2, -0.15) is 26.3 Å². The summed E-state index contributed by atoms with van der Waals surface area (Å²) in [7, 11) is 0. The summed E-state index contributed by atoms with van der Waals surface area (Å²) in [6, 6.07) is 11.2. The Morgan fingerprint density at radius 3 is 2.27 bits per heavy atom. The molecule has 30 heavy (non-hydrogen) atoms. The molecule has 0 fully saturated rings. The summed E-state index contributed by atoms with van der Waals surface area (Å²) >= 11 is 1.07. The number of aryl methyl sites for hydroxylation is 1. The van der Waals surface area contributed by atoms with Gasteiger partial charge in [-0.25, -0.2) is 4.98 Å². The molecule has 2 heterocycles. The van der Waals surface area contributed by atoms with Gasteiger partial charge in [-0.3, -0.25) is 0 Å². The first-order valence-electron chi connectivity index (χ1n) is 8.97. The highest BCUT2D eigenvalue weighted by atomic mass is 32.1. The number of thiophene rings is 1. The lowest BCUT2D eigenvalue weighted by molar-refractivity contribution is -0.257. The Bertz CT molecular complexity index is 1210. The van der Waals surface area contributed by atoms with Crippen LogP contribution in [0.5, 0.6) is 0 Å². The van der Waals surface area contributed by atoms with E-state index in [9.17, 15) is 26.3 Å². The van der Waals surface area contributed by atoms with Gasteiger partial charge in [0.2, 0.25) is 0 Å². The molecule has 0 spiro atoms. The molecule has 0 saturated carbocycles. The second-order valence-electron chi connectivity index (χ2n) is 7.11. The number of benzene rings is 1. The summed E-state index contributed by atoms with van der Waals surface area (Å²) in [5.74, 6) is -15.4. The molecule has 4 rings (SSSR count). The summed E-state index contributed by atoms with van der Waals surface area (Å²) in [6.45, 7) is 2.90. The van der Waals surface area contributed by atoms with Gasteiger partial charge in [0.05, 0.1) is 11.2 Å². The molecule has 0 bridgehead atoms. The van der Waals surface area contributed by atoms with Crippen molar-refractivity contribution in [2.75, 3.05) is 0 Å². The minimum Gasteiger partial charge on any atom is -0.248 e. The van der Waals surface area contributed by atoms with Gasteiger partial charge in [-0.1, -0.05) is 24.3 Å². The van der Waals surface area contributed by atoms with Crippen molar-refractivity contribution in [3.8, 4) is 0 Å². The molecule has 0 atom stereocenters. The Morgan fingerprint density at radius 2 is 1.60 bits per heavy atom.